The third-order valence-corrected chi connectivity index (χ3v) is 8.87. The Balaban J connectivity index is 1.23. The van der Waals surface area contributed by atoms with Crippen LogP contribution in [0.4, 0.5) is 0 Å². The molecule has 0 saturated carbocycles. The number of cyclic esters (lactones) is 1. The number of nitrogens with one attached hydrogen (secondary N) is 4. The number of methoxy groups -OCH3 is 2. The molecule has 7 N–H and O–H groups in total. The lowest BCUT2D eigenvalue weighted by molar-refractivity contribution is -0.141. The van der Waals surface area contributed by atoms with Crippen LogP contribution in [0.15, 0.2) is 24.3 Å². The van der Waals surface area contributed by atoms with Crippen molar-refractivity contribution >= 4 is 11.9 Å². The van der Waals surface area contributed by atoms with E-state index in [-0.39, 0.29) is 48.4 Å². The van der Waals surface area contributed by atoms with Crippen molar-refractivity contribution in [2.45, 2.75) is 37.6 Å². The smallest absolute Gasteiger partial charge is 0.310 e. The Morgan fingerprint density at radius 1 is 0.870 bits per heavy atom. The maximum absolute atomic E-state index is 13.3. The minimum absolute atomic E-state index is 0.0866. The zero-order valence-corrected chi connectivity index (χ0v) is 26.7. The minimum atomic E-state index is -0.593. The number of hydrogen-bond donors (Lipinski definition) is 6. The predicted molar refractivity (Wildman–Crippen MR) is 171 cm³/mol. The van der Waals surface area contributed by atoms with Crippen LogP contribution in [0.5, 0.6) is 28.7 Å². The Labute approximate surface area is 269 Å². The number of hydrogen-bond acceptors (Lipinski definition) is 12. The number of phenols is 1. The number of aromatic hydroxyl groups is 1. The van der Waals surface area contributed by atoms with E-state index in [0.29, 0.717) is 36.6 Å². The molecule has 0 spiro atoms. The van der Waals surface area contributed by atoms with E-state index >= 15 is 0 Å². The normalized spacial score (nSPS) is 21.0. The summed E-state index contributed by atoms with van der Waals surface area (Å²) in [6.45, 7) is 6.13. The number of benzene rings is 2. The van der Waals surface area contributed by atoms with Gasteiger partial charge in [0.15, 0.2) is 23.0 Å². The molecule has 252 valence electrons. The van der Waals surface area contributed by atoms with Gasteiger partial charge in [0, 0.05) is 24.8 Å². The molecule has 1 amide bonds. The van der Waals surface area contributed by atoms with Crippen molar-refractivity contribution in [2.24, 2.45) is 17.6 Å². The van der Waals surface area contributed by atoms with Crippen molar-refractivity contribution in [2.75, 3.05) is 73.4 Å². The first-order valence-electron chi connectivity index (χ1n) is 16.1. The number of rotatable bonds is 18. The van der Waals surface area contributed by atoms with Gasteiger partial charge in [-0.15, -0.1) is 0 Å². The summed E-state index contributed by atoms with van der Waals surface area (Å²) in [4.78, 5) is 26.6. The average Bonchev–Trinajstić information content (AvgIpc) is 3.68. The standard InChI is InChI=1S/C33H47N5O8/c1-42-26-14-20(15-27(43-2)32(26)40)29-21-16-24-25(46-19-45-24)17-22(21)31(23-18-44-33(41)30(23)29)38-28(39)6-13-37-12-5-11-36-10-4-9-35-8-3-7-34/h14-17,23,29-31,35-37,40H,3-13,18-19,34H2,1-2H3,(H,38,39)/t23?,29?,30-,31+/m0/s1. The van der Waals surface area contributed by atoms with E-state index in [4.69, 9.17) is 29.4 Å². The Kier molecular flexibility index (Phi) is 11.8. The van der Waals surface area contributed by atoms with Crippen LogP contribution in [0.25, 0.3) is 0 Å². The topological polar surface area (TPSA) is 175 Å². The Bertz CT molecular complexity index is 1330. The molecule has 2 aliphatic heterocycles. The van der Waals surface area contributed by atoms with Gasteiger partial charge < -0.3 is 55.8 Å². The maximum atomic E-state index is 13.3. The third-order valence-electron chi connectivity index (χ3n) is 8.87. The largest absolute Gasteiger partial charge is 0.502 e. The lowest BCUT2D eigenvalue weighted by atomic mass is 9.65. The fourth-order valence-corrected chi connectivity index (χ4v) is 6.57. The van der Waals surface area contributed by atoms with Gasteiger partial charge in [-0.3, -0.25) is 9.59 Å². The van der Waals surface area contributed by atoms with Gasteiger partial charge >= 0.3 is 5.97 Å². The Hall–Kier alpha value is -3.78. The first kappa shape index (κ1) is 33.6. The van der Waals surface area contributed by atoms with Crippen LogP contribution in [-0.4, -0.2) is 90.4 Å². The molecule has 1 aliphatic carbocycles. The molecule has 4 atom stereocenters. The molecule has 5 rings (SSSR count). The summed E-state index contributed by atoms with van der Waals surface area (Å²) >= 11 is 0. The molecule has 1 saturated heterocycles. The van der Waals surface area contributed by atoms with Crippen LogP contribution in [0.1, 0.15) is 54.3 Å². The van der Waals surface area contributed by atoms with Crippen LogP contribution in [0, 0.1) is 11.8 Å². The van der Waals surface area contributed by atoms with E-state index in [1.54, 1.807) is 12.1 Å². The van der Waals surface area contributed by atoms with E-state index in [2.05, 4.69) is 21.3 Å². The van der Waals surface area contributed by atoms with Crippen molar-refractivity contribution < 1.29 is 38.4 Å². The number of amides is 1. The summed E-state index contributed by atoms with van der Waals surface area (Å²) in [5.41, 5.74) is 7.85. The second-order valence-electron chi connectivity index (χ2n) is 11.8. The third kappa shape index (κ3) is 7.60. The molecule has 0 aromatic heterocycles. The molecule has 2 aromatic carbocycles. The van der Waals surface area contributed by atoms with Crippen molar-refractivity contribution in [1.29, 1.82) is 0 Å². The molecule has 0 radical (unpaired) electrons. The summed E-state index contributed by atoms with van der Waals surface area (Å²) < 4.78 is 27.9. The lowest BCUT2D eigenvalue weighted by Gasteiger charge is -2.39. The number of ether oxygens (including phenoxy) is 5. The van der Waals surface area contributed by atoms with Gasteiger partial charge in [-0.05, 0) is 99.5 Å². The second kappa shape index (κ2) is 16.2. The number of carbonyl (C=O) groups is 2. The number of nitrogens with two attached hydrogens (primary N) is 1. The highest BCUT2D eigenvalue weighted by atomic mass is 16.7. The molecule has 0 bridgehead atoms. The van der Waals surface area contributed by atoms with Gasteiger partial charge in [0.05, 0.1) is 32.8 Å². The first-order chi connectivity index (χ1) is 22.5. The molecule has 2 aromatic rings. The zero-order chi connectivity index (χ0) is 32.5. The molecule has 2 unspecified atom stereocenters. The van der Waals surface area contributed by atoms with E-state index in [0.717, 1.165) is 63.1 Å². The monoisotopic (exact) mass is 641 g/mol. The van der Waals surface area contributed by atoms with Crippen molar-refractivity contribution in [3.8, 4) is 28.7 Å². The van der Waals surface area contributed by atoms with Crippen LogP contribution in [0.3, 0.4) is 0 Å². The zero-order valence-electron chi connectivity index (χ0n) is 26.7. The summed E-state index contributed by atoms with van der Waals surface area (Å²) in [5.74, 6) is -0.378. The van der Waals surface area contributed by atoms with Crippen LogP contribution in [-0.2, 0) is 14.3 Å². The van der Waals surface area contributed by atoms with Crippen LogP contribution in [0.2, 0.25) is 0 Å². The molecule has 13 heteroatoms. The quantitative estimate of drug-likeness (QED) is 0.102. The summed E-state index contributed by atoms with van der Waals surface area (Å²) in [5, 5.41) is 23.9. The fraction of sp³-hybridized carbons (Fsp3) is 0.576. The van der Waals surface area contributed by atoms with Crippen LogP contribution < -0.4 is 45.9 Å². The number of esters is 1. The van der Waals surface area contributed by atoms with Gasteiger partial charge in [0.1, 0.15) is 0 Å². The molecule has 3 aliphatic rings. The van der Waals surface area contributed by atoms with E-state index in [1.807, 2.05) is 12.1 Å². The average molecular weight is 642 g/mol. The highest BCUT2D eigenvalue weighted by Crippen LogP contribution is 2.55. The Morgan fingerprint density at radius 2 is 1.46 bits per heavy atom. The van der Waals surface area contributed by atoms with Crippen molar-refractivity contribution in [1.82, 2.24) is 21.3 Å². The predicted octanol–water partition coefficient (Wildman–Crippen LogP) is 1.52. The molecular weight excluding hydrogens is 594 g/mol. The molecular formula is C33H47N5O8. The number of phenolic OH excluding ortho intramolecular Hbond substituents is 1. The fourth-order valence-electron chi connectivity index (χ4n) is 6.57. The lowest BCUT2D eigenvalue weighted by Crippen LogP contribution is -2.43. The van der Waals surface area contributed by atoms with Gasteiger partial charge in [0.2, 0.25) is 18.4 Å². The molecule has 1 fully saturated rings. The van der Waals surface area contributed by atoms with Crippen molar-refractivity contribution in [3.63, 3.8) is 0 Å². The summed E-state index contributed by atoms with van der Waals surface area (Å²) in [6.07, 6.45) is 3.32. The van der Waals surface area contributed by atoms with Gasteiger partial charge in [-0.25, -0.2) is 0 Å². The highest BCUT2D eigenvalue weighted by molar-refractivity contribution is 5.81. The molecule has 2 heterocycles. The van der Waals surface area contributed by atoms with Crippen LogP contribution >= 0.6 is 0 Å². The minimum Gasteiger partial charge on any atom is -0.502 e. The van der Waals surface area contributed by atoms with E-state index < -0.39 is 17.9 Å². The second-order valence-corrected chi connectivity index (χ2v) is 11.8. The first-order valence-corrected chi connectivity index (χ1v) is 16.1. The molecule has 13 nitrogen and oxygen atoms in total. The summed E-state index contributed by atoms with van der Waals surface area (Å²) in [7, 11) is 2.92. The van der Waals surface area contributed by atoms with Gasteiger partial charge in [0.25, 0.3) is 0 Å². The van der Waals surface area contributed by atoms with Gasteiger partial charge in [-0.1, -0.05) is 0 Å². The molecule has 46 heavy (non-hydrogen) atoms. The number of fused-ring (bicyclic) bond motifs is 3. The van der Waals surface area contributed by atoms with Gasteiger partial charge in [-0.2, -0.15) is 0 Å². The summed E-state index contributed by atoms with van der Waals surface area (Å²) in [6, 6.07) is 6.72. The number of carbonyl (C=O) groups excluding carboxylic acids is 2. The van der Waals surface area contributed by atoms with E-state index in [9.17, 15) is 14.7 Å². The SMILES string of the molecule is COc1cc(C2c3cc4c(cc3[C@@H](NC(=O)CCNCCCNCCCNCCCN)C3COC(=O)[C@H]23)OCO4)cc(OC)c1O. The highest BCUT2D eigenvalue weighted by Gasteiger charge is 2.53. The van der Waals surface area contributed by atoms with E-state index in [1.165, 1.54) is 14.2 Å². The van der Waals surface area contributed by atoms with Crippen molar-refractivity contribution in [3.05, 3.63) is 41.0 Å². The Morgan fingerprint density at radius 3 is 2.07 bits per heavy atom. The maximum Gasteiger partial charge on any atom is 0.310 e.